The number of aromatic nitrogens is 3. The van der Waals surface area contributed by atoms with Crippen molar-refractivity contribution in [3.05, 3.63) is 75.0 Å². The number of piperidine rings is 1. The van der Waals surface area contributed by atoms with E-state index in [1.807, 2.05) is 23.8 Å². The highest BCUT2D eigenvalue weighted by Crippen LogP contribution is 2.47. The van der Waals surface area contributed by atoms with Crippen molar-refractivity contribution in [1.29, 1.82) is 5.26 Å². The van der Waals surface area contributed by atoms with Crippen LogP contribution >= 0.6 is 23.2 Å². The molecule has 2 aromatic heterocycles. The number of hydrogen-bond donors (Lipinski definition) is 3. The number of aryl methyl sites for hydroxylation is 1. The first kappa shape index (κ1) is 33.9. The molecule has 1 saturated heterocycles. The molecule has 0 radical (unpaired) electrons. The summed E-state index contributed by atoms with van der Waals surface area (Å²) >= 11 is 13.4. The summed E-state index contributed by atoms with van der Waals surface area (Å²) in [7, 11) is 1.83. The Bertz CT molecular complexity index is 2010. The predicted octanol–water partition coefficient (Wildman–Crippen LogP) is 7.13. The minimum Gasteiger partial charge on any atom is -0.370 e. The highest BCUT2D eigenvalue weighted by atomic mass is 35.5. The summed E-state index contributed by atoms with van der Waals surface area (Å²) in [5, 5.41) is 18.6. The van der Waals surface area contributed by atoms with Crippen molar-refractivity contribution in [3.63, 3.8) is 0 Å². The Morgan fingerprint density at radius 2 is 1.78 bits per heavy atom. The number of nitrogens with one attached hydrogen (secondary N) is 3. The molecule has 2 atom stereocenters. The van der Waals surface area contributed by atoms with Gasteiger partial charge in [0.15, 0.2) is 0 Å². The molecule has 2 aromatic carbocycles. The van der Waals surface area contributed by atoms with E-state index in [0.29, 0.717) is 50.7 Å². The monoisotopic (exact) mass is 724 g/mol. The number of benzene rings is 2. The smallest absolute Gasteiger partial charge is 0.370 e. The van der Waals surface area contributed by atoms with E-state index >= 15 is 0 Å². The molecule has 4 aromatic rings. The molecule has 2 unspecified atom stereocenters. The third-order valence-corrected chi connectivity index (χ3v) is 10.8. The first-order chi connectivity index (χ1) is 23.9. The predicted molar refractivity (Wildman–Crippen MR) is 184 cm³/mol. The zero-order valence-corrected chi connectivity index (χ0v) is 28.5. The van der Waals surface area contributed by atoms with Crippen molar-refractivity contribution in [2.45, 2.75) is 50.9 Å². The molecule has 0 spiro atoms. The number of fused-ring (bicyclic) bond motifs is 2. The van der Waals surface area contributed by atoms with E-state index in [9.17, 15) is 22.8 Å². The average molecular weight is 726 g/mol. The maximum Gasteiger partial charge on any atom is 0.391 e. The summed E-state index contributed by atoms with van der Waals surface area (Å²) < 4.78 is 41.6. The summed E-state index contributed by atoms with van der Waals surface area (Å²) in [6.45, 7) is 1.77. The summed E-state index contributed by atoms with van der Waals surface area (Å²) in [6, 6.07) is 11.6. The van der Waals surface area contributed by atoms with Gasteiger partial charge in [0.25, 0.3) is 11.8 Å². The van der Waals surface area contributed by atoms with Gasteiger partial charge in [0.2, 0.25) is 5.95 Å². The van der Waals surface area contributed by atoms with Crippen molar-refractivity contribution in [3.8, 4) is 6.07 Å². The topological polar surface area (TPSA) is 128 Å². The van der Waals surface area contributed by atoms with Gasteiger partial charge < -0.3 is 25.4 Å². The lowest BCUT2D eigenvalue weighted by atomic mass is 9.85. The molecule has 15 heteroatoms. The van der Waals surface area contributed by atoms with Crippen molar-refractivity contribution in [2.75, 3.05) is 23.3 Å². The van der Waals surface area contributed by atoms with E-state index in [4.69, 9.17) is 33.4 Å². The molecule has 1 aliphatic heterocycles. The van der Waals surface area contributed by atoms with Crippen LogP contribution in [0.1, 0.15) is 64.1 Å². The largest absolute Gasteiger partial charge is 0.391 e. The number of imidazole rings is 1. The van der Waals surface area contributed by atoms with Crippen LogP contribution in [0.5, 0.6) is 0 Å². The summed E-state index contributed by atoms with van der Waals surface area (Å²) in [6.07, 6.45) is -1.17. The molecule has 2 saturated carbocycles. The van der Waals surface area contributed by atoms with Gasteiger partial charge in [0, 0.05) is 38.9 Å². The fourth-order valence-electron chi connectivity index (χ4n) is 7.04. The Labute approximate surface area is 296 Å². The number of carbonyl (C=O) groups excluding carboxylic acids is 2. The van der Waals surface area contributed by atoms with Gasteiger partial charge >= 0.3 is 6.18 Å². The average Bonchev–Trinajstić information content (AvgIpc) is 3.59. The Morgan fingerprint density at radius 1 is 1.04 bits per heavy atom. The number of carbonyl (C=O) groups is 2. The molecule has 50 heavy (non-hydrogen) atoms. The number of alkyl halides is 3. The molecule has 10 nitrogen and oxygen atoms in total. The second kappa shape index (κ2) is 13.3. The molecule has 7 rings (SSSR count). The molecule has 3 aliphatic rings. The molecule has 3 heterocycles. The number of nitriles is 1. The molecule has 3 N–H and O–H groups in total. The van der Waals surface area contributed by atoms with Gasteiger partial charge in [0.1, 0.15) is 11.8 Å². The summed E-state index contributed by atoms with van der Waals surface area (Å²) in [5.41, 5.74) is 3.97. The van der Waals surface area contributed by atoms with Crippen LogP contribution in [0, 0.1) is 29.1 Å². The lowest BCUT2D eigenvalue weighted by molar-refractivity contribution is -0.182. The van der Waals surface area contributed by atoms with Gasteiger partial charge in [-0.2, -0.15) is 18.4 Å². The SMILES string of the molecule is Cn1c(Nc2c(Cl)ccc(CNC(=O)c3ccc(C#N)nc3)c2Cl)nc2cc(C(=O)N[C@H]3CC[C@H](C(F)(F)F)CC3)c(N3CC4CC4C3)cc21. The van der Waals surface area contributed by atoms with Crippen molar-refractivity contribution < 1.29 is 22.8 Å². The van der Waals surface area contributed by atoms with Crippen LogP contribution in [0.3, 0.4) is 0 Å². The minimum absolute atomic E-state index is 0.00159. The molecular weight excluding hydrogens is 692 g/mol. The molecule has 3 fully saturated rings. The van der Waals surface area contributed by atoms with Gasteiger partial charge in [-0.1, -0.05) is 29.3 Å². The molecule has 2 aliphatic carbocycles. The summed E-state index contributed by atoms with van der Waals surface area (Å²) in [4.78, 5) is 37.4. The second-order valence-corrected chi connectivity index (χ2v) is 14.1. The quantitative estimate of drug-likeness (QED) is 0.177. The van der Waals surface area contributed by atoms with Crippen molar-refractivity contribution >= 4 is 63.4 Å². The van der Waals surface area contributed by atoms with Crippen LogP contribution in [-0.4, -0.2) is 51.7 Å². The molecule has 260 valence electrons. The van der Waals surface area contributed by atoms with Crippen LogP contribution in [-0.2, 0) is 13.6 Å². The lowest BCUT2D eigenvalue weighted by Gasteiger charge is -2.31. The van der Waals surface area contributed by atoms with Crippen LogP contribution in [0.2, 0.25) is 10.0 Å². The number of pyridine rings is 1. The first-order valence-electron chi connectivity index (χ1n) is 16.4. The fourth-order valence-corrected chi connectivity index (χ4v) is 7.57. The van der Waals surface area contributed by atoms with Crippen LogP contribution in [0.15, 0.2) is 42.6 Å². The van der Waals surface area contributed by atoms with E-state index in [2.05, 4.69) is 25.8 Å². The Hall–Kier alpha value is -4.54. The maximum absolute atomic E-state index is 13.8. The normalized spacial score (nSPS) is 21.4. The van der Waals surface area contributed by atoms with Gasteiger partial charge in [0.05, 0.1) is 49.5 Å². The van der Waals surface area contributed by atoms with Gasteiger partial charge in [-0.05, 0) is 79.8 Å². The van der Waals surface area contributed by atoms with Crippen LogP contribution < -0.4 is 20.9 Å². The first-order valence-corrected chi connectivity index (χ1v) is 17.2. The third kappa shape index (κ3) is 6.79. The van der Waals surface area contributed by atoms with Crippen molar-refractivity contribution in [2.24, 2.45) is 24.8 Å². The van der Waals surface area contributed by atoms with E-state index in [-0.39, 0.29) is 54.9 Å². The number of amides is 2. The summed E-state index contributed by atoms with van der Waals surface area (Å²) in [5.74, 6) is -0.429. The van der Waals surface area contributed by atoms with Crippen LogP contribution in [0.4, 0.5) is 30.5 Å². The van der Waals surface area contributed by atoms with E-state index in [1.54, 1.807) is 18.2 Å². The lowest BCUT2D eigenvalue weighted by Crippen LogP contribution is -2.40. The zero-order valence-electron chi connectivity index (χ0n) is 27.0. The van der Waals surface area contributed by atoms with Crippen LogP contribution in [0.25, 0.3) is 11.0 Å². The van der Waals surface area contributed by atoms with Gasteiger partial charge in [-0.15, -0.1) is 0 Å². The highest BCUT2D eigenvalue weighted by molar-refractivity contribution is 6.39. The van der Waals surface area contributed by atoms with Gasteiger partial charge in [-0.3, -0.25) is 9.59 Å². The Morgan fingerprint density at radius 3 is 2.44 bits per heavy atom. The van der Waals surface area contributed by atoms with E-state index < -0.39 is 18.0 Å². The molecular formula is C35H33Cl2F3N8O2. The Kier molecular flexibility index (Phi) is 9.03. The maximum atomic E-state index is 13.8. The zero-order chi connectivity index (χ0) is 35.3. The number of halogens is 5. The number of rotatable bonds is 8. The Balaban J connectivity index is 1.12. The van der Waals surface area contributed by atoms with E-state index in [1.165, 1.54) is 24.8 Å². The van der Waals surface area contributed by atoms with Gasteiger partial charge in [-0.25, -0.2) is 9.97 Å². The third-order valence-electron chi connectivity index (χ3n) is 10.1. The standard InChI is InChI=1S/C35H33Cl2F3N8O2/c1-47-29-12-28(48-16-20-10-21(20)17-48)25(33(50)44-23-7-4-22(5-8-23)35(38,39)40)11-27(29)45-34(47)46-31-26(36)9-3-18(30(31)37)14-43-32(49)19-2-6-24(13-41)42-15-19/h2-3,6,9,11-12,15,20-23H,4-5,7-8,10,14,16-17H2,1H3,(H,43,49)(H,44,50)(H,45,46)/t20?,21?,22-,23-. The number of hydrogen-bond acceptors (Lipinski definition) is 7. The minimum atomic E-state index is -4.22. The number of anilines is 3. The molecule has 0 bridgehead atoms. The highest BCUT2D eigenvalue weighted by Gasteiger charge is 2.46. The number of nitrogens with zero attached hydrogens (tertiary/aromatic N) is 5. The fraction of sp³-hybridized carbons (Fsp3) is 0.400. The van der Waals surface area contributed by atoms with Crippen molar-refractivity contribution in [1.82, 2.24) is 25.2 Å². The van der Waals surface area contributed by atoms with E-state index in [0.717, 1.165) is 24.3 Å². The second-order valence-electron chi connectivity index (χ2n) is 13.3. The molecule has 2 amide bonds.